The first-order valence-electron chi connectivity index (χ1n) is 16.6. The van der Waals surface area contributed by atoms with Crippen LogP contribution in [0.25, 0.3) is 0 Å². The molecule has 11 N–H and O–H groups in total. The van der Waals surface area contributed by atoms with E-state index in [1.165, 1.54) is 25.3 Å². The Morgan fingerprint density at radius 2 is 1.62 bits per heavy atom. The van der Waals surface area contributed by atoms with Gasteiger partial charge in [-0.05, 0) is 37.8 Å². The Kier molecular flexibility index (Phi) is 13.9. The van der Waals surface area contributed by atoms with Gasteiger partial charge in [-0.1, -0.05) is 26.5 Å². The summed E-state index contributed by atoms with van der Waals surface area (Å²) in [5.74, 6) is -1.52. The summed E-state index contributed by atoms with van der Waals surface area (Å²) in [5, 5.41) is 101. The lowest BCUT2D eigenvalue weighted by atomic mass is 9.86. The summed E-state index contributed by atoms with van der Waals surface area (Å²) in [6.45, 7) is 8.22. The smallest absolute Gasteiger partial charge is 0.328 e. The van der Waals surface area contributed by atoms with E-state index < -0.39 is 123 Å². The van der Waals surface area contributed by atoms with Crippen LogP contribution in [0, 0.1) is 11.8 Å². The maximum absolute atomic E-state index is 12.9. The number of allylic oxidation sites excluding steroid dienone is 2. The molecule has 0 aromatic heterocycles. The molecule has 4 aliphatic heterocycles. The van der Waals surface area contributed by atoms with Gasteiger partial charge in [0.1, 0.15) is 48.8 Å². The molecular formula is C32H51N3O15. The summed E-state index contributed by atoms with van der Waals surface area (Å²) in [6.07, 6.45) is -16.1. The van der Waals surface area contributed by atoms with Crippen LogP contribution in [0.4, 0.5) is 4.79 Å². The molecule has 0 spiro atoms. The molecule has 18 nitrogen and oxygen atoms in total. The molecule has 4 rings (SSSR count). The Labute approximate surface area is 289 Å². The van der Waals surface area contributed by atoms with Crippen LogP contribution in [0.15, 0.2) is 36.7 Å². The van der Waals surface area contributed by atoms with Crippen LogP contribution in [0.5, 0.6) is 0 Å². The zero-order chi connectivity index (χ0) is 37.0. The number of nitrogens with one attached hydrogen (secondary N) is 2. The topological polar surface area (TPSA) is 280 Å². The average molecular weight is 718 g/mol. The number of nitrogens with zero attached hydrogens (tertiary/aromatic N) is 1. The van der Waals surface area contributed by atoms with Crippen LogP contribution in [0.3, 0.4) is 0 Å². The van der Waals surface area contributed by atoms with Gasteiger partial charge in [0, 0.05) is 24.2 Å². The van der Waals surface area contributed by atoms with E-state index >= 15 is 0 Å². The van der Waals surface area contributed by atoms with E-state index in [0.717, 1.165) is 4.90 Å². The number of urea groups is 1. The van der Waals surface area contributed by atoms with Crippen LogP contribution in [-0.2, 0) is 23.7 Å². The van der Waals surface area contributed by atoms with Crippen LogP contribution in [-0.4, -0.2) is 161 Å². The van der Waals surface area contributed by atoms with Crippen molar-refractivity contribution in [2.24, 2.45) is 11.8 Å². The molecule has 3 saturated heterocycles. The Hall–Kier alpha value is -2.56. The minimum Gasteiger partial charge on any atom is -0.394 e. The third-order valence-electron chi connectivity index (χ3n) is 9.12. The first-order chi connectivity index (χ1) is 23.5. The molecular weight excluding hydrogens is 666 g/mol. The second kappa shape index (κ2) is 17.3. The molecule has 284 valence electrons. The highest BCUT2D eigenvalue weighted by Gasteiger charge is 2.54. The van der Waals surface area contributed by atoms with Gasteiger partial charge in [-0.2, -0.15) is 0 Å². The van der Waals surface area contributed by atoms with Gasteiger partial charge in [-0.15, -0.1) is 0 Å². The number of hydrogen-bond acceptors (Lipinski definition) is 15. The van der Waals surface area contributed by atoms with E-state index in [-0.39, 0.29) is 18.0 Å². The summed E-state index contributed by atoms with van der Waals surface area (Å²) < 4.78 is 23.5. The van der Waals surface area contributed by atoms with Crippen molar-refractivity contribution in [1.29, 1.82) is 0 Å². The predicted molar refractivity (Wildman–Crippen MR) is 170 cm³/mol. The molecule has 50 heavy (non-hydrogen) atoms. The number of ether oxygens (including phenoxy) is 4. The maximum Gasteiger partial charge on any atom is 0.328 e. The predicted octanol–water partition coefficient (Wildman–Crippen LogP) is -3.39. The highest BCUT2D eigenvalue weighted by Crippen LogP contribution is 2.35. The van der Waals surface area contributed by atoms with Gasteiger partial charge in [0.15, 0.2) is 18.8 Å². The van der Waals surface area contributed by atoms with Crippen LogP contribution in [0.2, 0.25) is 0 Å². The maximum atomic E-state index is 12.9. The zero-order valence-electron chi connectivity index (χ0n) is 28.1. The first kappa shape index (κ1) is 40.2. The van der Waals surface area contributed by atoms with E-state index in [0.29, 0.717) is 6.42 Å². The van der Waals surface area contributed by atoms with Gasteiger partial charge in [0.05, 0.1) is 31.0 Å². The monoisotopic (exact) mass is 717 g/mol. The molecule has 16 atom stereocenters. The summed E-state index contributed by atoms with van der Waals surface area (Å²) >= 11 is 0. The van der Waals surface area contributed by atoms with E-state index in [9.17, 15) is 55.5 Å². The third-order valence-corrected chi connectivity index (χ3v) is 9.12. The number of carbonyl (C=O) groups is 2. The molecule has 0 bridgehead atoms. The van der Waals surface area contributed by atoms with Crippen molar-refractivity contribution < 1.29 is 74.5 Å². The second-order valence-corrected chi connectivity index (χ2v) is 13.6. The molecule has 0 saturated carbocycles. The molecule has 3 amide bonds. The quantitative estimate of drug-likeness (QED) is 0.0829. The molecule has 4 heterocycles. The van der Waals surface area contributed by atoms with Crippen LogP contribution in [0.1, 0.15) is 40.0 Å². The number of aliphatic hydroxyl groups is 9. The van der Waals surface area contributed by atoms with Crippen LogP contribution >= 0.6 is 0 Å². The molecule has 4 aliphatic rings. The van der Waals surface area contributed by atoms with Crippen molar-refractivity contribution in [3.05, 3.63) is 36.7 Å². The Balaban J connectivity index is 1.56. The molecule has 0 aliphatic carbocycles. The van der Waals surface area contributed by atoms with E-state index in [2.05, 4.69) is 17.2 Å². The summed E-state index contributed by atoms with van der Waals surface area (Å²) in [6, 6.07) is -2.18. The fourth-order valence-corrected chi connectivity index (χ4v) is 6.39. The first-order valence-corrected chi connectivity index (χ1v) is 16.6. The zero-order valence-corrected chi connectivity index (χ0v) is 28.1. The number of aliphatic hydroxyl groups excluding tert-OH is 9. The molecule has 0 aromatic rings. The van der Waals surface area contributed by atoms with Gasteiger partial charge >= 0.3 is 6.03 Å². The number of hydrogen-bond donors (Lipinski definition) is 11. The highest BCUT2D eigenvalue weighted by atomic mass is 16.8. The molecule has 3 fully saturated rings. The summed E-state index contributed by atoms with van der Waals surface area (Å²) in [5.41, 5.74) is 0.282. The molecule has 0 aromatic carbocycles. The minimum absolute atomic E-state index is 0.144. The lowest BCUT2D eigenvalue weighted by Crippen LogP contribution is -2.66. The fraction of sp³-hybridized carbons (Fsp3) is 0.750. The SMILES string of the molecule is C=C1C=CN([C@@H]2O[C@H](C(O)C[C@H]3O[C@@H](O[C@H]4O[C@H](CO)[C@@H](O)[C@H](O)[C@H]4CC(C)O)[C@H](NC(=O)/C=C/CC(C)C)[C@@H](O)[C@H]3O)[C@@H](O)[C@H]2O)C(=O)N1. The van der Waals surface area contributed by atoms with Crippen molar-refractivity contribution in [2.45, 2.75) is 132 Å². The lowest BCUT2D eigenvalue weighted by molar-refractivity contribution is -0.357. The van der Waals surface area contributed by atoms with Crippen LogP contribution < -0.4 is 10.6 Å². The van der Waals surface area contributed by atoms with Gasteiger partial charge in [-0.3, -0.25) is 9.69 Å². The highest BCUT2D eigenvalue weighted by molar-refractivity contribution is 5.87. The average Bonchev–Trinajstić information content (AvgIpc) is 3.34. The normalized spacial score (nSPS) is 40.7. The Morgan fingerprint density at radius 3 is 2.24 bits per heavy atom. The fourth-order valence-electron chi connectivity index (χ4n) is 6.39. The standard InChI is InChI=1S/C32H51N3O15/c1-13(2)6-5-7-20(39)34-21-25(43)23(41)18(47-31(21)50-30-16(10-15(4)37)22(40)24(42)19(12-36)48-30)11-17(38)28-26(44)27(45)29(49-28)35-9-8-14(3)33-32(35)46/h5,7-9,13,15-19,21-31,36-38,40-45H,3,6,10-12H2,1-2,4H3,(H,33,46)(H,34,39)/b7-5+/t15?,16-,17?,18-,19-,21-,22-,23+,24-,25-,26+,27-,28-,29-,30-,31+/m1/s1. The van der Waals surface area contributed by atoms with Crippen molar-refractivity contribution >= 4 is 11.9 Å². The Morgan fingerprint density at radius 1 is 0.960 bits per heavy atom. The van der Waals surface area contributed by atoms with Crippen molar-refractivity contribution in [1.82, 2.24) is 15.5 Å². The third kappa shape index (κ3) is 9.26. The summed E-state index contributed by atoms with van der Waals surface area (Å²) in [7, 11) is 0. The second-order valence-electron chi connectivity index (χ2n) is 13.6. The van der Waals surface area contributed by atoms with E-state index in [1.807, 2.05) is 13.8 Å². The Bertz CT molecular complexity index is 1240. The minimum atomic E-state index is -1.79. The molecule has 18 heteroatoms. The van der Waals surface area contributed by atoms with Crippen molar-refractivity contribution in [3.8, 4) is 0 Å². The number of amides is 3. The van der Waals surface area contributed by atoms with Gasteiger partial charge in [0.2, 0.25) is 5.91 Å². The molecule has 2 unspecified atom stereocenters. The van der Waals surface area contributed by atoms with Gasteiger partial charge in [-0.25, -0.2) is 4.79 Å². The largest absolute Gasteiger partial charge is 0.394 e. The van der Waals surface area contributed by atoms with Gasteiger partial charge in [0.25, 0.3) is 0 Å². The van der Waals surface area contributed by atoms with E-state index in [1.54, 1.807) is 6.08 Å². The lowest BCUT2D eigenvalue weighted by Gasteiger charge is -2.47. The van der Waals surface area contributed by atoms with Crippen molar-refractivity contribution in [3.63, 3.8) is 0 Å². The number of carbonyl (C=O) groups excluding carboxylic acids is 2. The number of rotatable bonds is 13. The molecule has 0 radical (unpaired) electrons. The van der Waals surface area contributed by atoms with Crippen molar-refractivity contribution in [2.75, 3.05) is 6.61 Å². The summed E-state index contributed by atoms with van der Waals surface area (Å²) in [4.78, 5) is 26.3. The van der Waals surface area contributed by atoms with Gasteiger partial charge < -0.3 is 75.5 Å². The van der Waals surface area contributed by atoms with E-state index in [4.69, 9.17) is 18.9 Å².